The zero-order valence-corrected chi connectivity index (χ0v) is 9.83. The summed E-state index contributed by atoms with van der Waals surface area (Å²) in [6.07, 6.45) is 1.14. The molecule has 98 valence electrons. The number of benzene rings is 1. The summed E-state index contributed by atoms with van der Waals surface area (Å²) in [4.78, 5) is 18.0. The highest BCUT2D eigenvalue weighted by atomic mass is 19.1. The highest BCUT2D eigenvalue weighted by Crippen LogP contribution is 2.27. The minimum Gasteiger partial charge on any atom is -0.493 e. The van der Waals surface area contributed by atoms with Gasteiger partial charge in [0.25, 0.3) is 5.56 Å². The summed E-state index contributed by atoms with van der Waals surface area (Å²) in [6.45, 7) is 0. The first-order chi connectivity index (χ1) is 9.61. The van der Waals surface area contributed by atoms with Crippen LogP contribution in [0.2, 0.25) is 0 Å². The topological polar surface area (TPSA) is 107 Å². The largest absolute Gasteiger partial charge is 0.493 e. The Morgan fingerprint density at radius 3 is 2.95 bits per heavy atom. The van der Waals surface area contributed by atoms with Crippen molar-refractivity contribution in [2.24, 2.45) is 0 Å². The molecule has 8 heteroatoms. The number of nitrogens with one attached hydrogen (secondary N) is 1. The SMILES string of the molecule is N#Cc1ccc(-c2c(O)n3ncnc3[nH]c2=O)c(F)c1. The van der Waals surface area contributed by atoms with Crippen molar-refractivity contribution in [2.45, 2.75) is 0 Å². The molecule has 2 N–H and O–H groups in total. The summed E-state index contributed by atoms with van der Waals surface area (Å²) in [5.41, 5.74) is -0.985. The number of halogens is 1. The van der Waals surface area contributed by atoms with Gasteiger partial charge in [0.05, 0.1) is 11.6 Å². The number of fused-ring (bicyclic) bond motifs is 1. The van der Waals surface area contributed by atoms with Gasteiger partial charge >= 0.3 is 0 Å². The molecule has 20 heavy (non-hydrogen) atoms. The Balaban J connectivity index is 2.35. The molecule has 2 heterocycles. The summed E-state index contributed by atoms with van der Waals surface area (Å²) in [5.74, 6) is -1.26. The Hall–Kier alpha value is -3.21. The van der Waals surface area contributed by atoms with Gasteiger partial charge in [-0.25, -0.2) is 4.39 Å². The van der Waals surface area contributed by atoms with E-state index >= 15 is 0 Å². The Labute approximate surface area is 110 Å². The summed E-state index contributed by atoms with van der Waals surface area (Å²) in [6, 6.07) is 5.37. The molecule has 0 aliphatic carbocycles. The molecule has 0 unspecified atom stereocenters. The van der Waals surface area contributed by atoms with Crippen molar-refractivity contribution in [3.8, 4) is 23.1 Å². The molecule has 2 aromatic heterocycles. The lowest BCUT2D eigenvalue weighted by Crippen LogP contribution is -2.13. The monoisotopic (exact) mass is 271 g/mol. The van der Waals surface area contributed by atoms with Gasteiger partial charge in [0.1, 0.15) is 17.7 Å². The third-order valence-electron chi connectivity index (χ3n) is 2.79. The number of rotatable bonds is 1. The van der Waals surface area contributed by atoms with Gasteiger partial charge in [0.2, 0.25) is 11.7 Å². The van der Waals surface area contributed by atoms with Crippen molar-refractivity contribution >= 4 is 5.78 Å². The molecule has 7 nitrogen and oxygen atoms in total. The summed E-state index contributed by atoms with van der Waals surface area (Å²) >= 11 is 0. The van der Waals surface area contributed by atoms with Crippen molar-refractivity contribution in [3.05, 3.63) is 46.3 Å². The molecule has 0 bridgehead atoms. The fourth-order valence-electron chi connectivity index (χ4n) is 1.88. The molecule has 0 radical (unpaired) electrons. The maximum Gasteiger partial charge on any atom is 0.264 e. The minimum absolute atomic E-state index is 0.0466. The van der Waals surface area contributed by atoms with Crippen molar-refractivity contribution in [1.82, 2.24) is 19.6 Å². The second-order valence-corrected chi connectivity index (χ2v) is 3.95. The van der Waals surface area contributed by atoms with Crippen LogP contribution in [0.15, 0.2) is 29.3 Å². The second kappa shape index (κ2) is 4.17. The number of aromatic amines is 1. The number of nitriles is 1. The summed E-state index contributed by atoms with van der Waals surface area (Å²) in [5, 5.41) is 22.4. The molecule has 1 aromatic carbocycles. The molecule has 0 atom stereocenters. The first-order valence-electron chi connectivity index (χ1n) is 5.47. The van der Waals surface area contributed by atoms with E-state index < -0.39 is 17.3 Å². The quantitative estimate of drug-likeness (QED) is 0.680. The van der Waals surface area contributed by atoms with Gasteiger partial charge < -0.3 is 5.11 Å². The standard InChI is InChI=1S/C12H6FN5O2/c13-8-3-6(4-14)1-2-7(8)9-10(19)17-12-15-5-16-18(12)11(9)20/h1-3,5,20H,(H,15,16,17,19). The highest BCUT2D eigenvalue weighted by molar-refractivity contribution is 5.69. The Morgan fingerprint density at radius 1 is 1.45 bits per heavy atom. The third kappa shape index (κ3) is 1.61. The van der Waals surface area contributed by atoms with Crippen LogP contribution in [0.5, 0.6) is 5.88 Å². The molecular weight excluding hydrogens is 265 g/mol. The van der Waals surface area contributed by atoms with Crippen LogP contribution in [0.25, 0.3) is 16.9 Å². The van der Waals surface area contributed by atoms with Crippen molar-refractivity contribution < 1.29 is 9.50 Å². The van der Waals surface area contributed by atoms with Crippen LogP contribution < -0.4 is 5.56 Å². The zero-order valence-electron chi connectivity index (χ0n) is 9.83. The number of nitrogens with zero attached hydrogens (tertiary/aromatic N) is 4. The predicted octanol–water partition coefficient (Wildman–Crippen LogP) is 0.801. The maximum absolute atomic E-state index is 13.9. The number of aromatic nitrogens is 4. The summed E-state index contributed by atoms with van der Waals surface area (Å²) in [7, 11) is 0. The first-order valence-corrected chi connectivity index (χ1v) is 5.47. The molecule has 0 amide bonds. The van der Waals surface area contributed by atoms with E-state index in [2.05, 4.69) is 15.1 Å². The van der Waals surface area contributed by atoms with Gasteiger partial charge in [-0.15, -0.1) is 0 Å². The van der Waals surface area contributed by atoms with Crippen LogP contribution in [0.1, 0.15) is 5.56 Å². The van der Waals surface area contributed by atoms with E-state index in [-0.39, 0.29) is 22.5 Å². The van der Waals surface area contributed by atoms with E-state index in [0.717, 1.165) is 16.9 Å². The summed E-state index contributed by atoms with van der Waals surface area (Å²) < 4.78 is 14.9. The number of aromatic hydroxyl groups is 1. The smallest absolute Gasteiger partial charge is 0.264 e. The van der Waals surface area contributed by atoms with Crippen LogP contribution in [0.3, 0.4) is 0 Å². The molecule has 0 spiro atoms. The van der Waals surface area contributed by atoms with E-state index in [9.17, 15) is 14.3 Å². The first kappa shape index (κ1) is 11.9. The fourth-order valence-corrected chi connectivity index (χ4v) is 1.88. The van der Waals surface area contributed by atoms with Gasteiger partial charge in [0.15, 0.2) is 0 Å². The number of hydrogen-bond donors (Lipinski definition) is 2. The number of H-pyrrole nitrogens is 1. The van der Waals surface area contributed by atoms with Crippen LogP contribution >= 0.6 is 0 Å². The Bertz CT molecular complexity index is 922. The molecule has 0 aliphatic heterocycles. The van der Waals surface area contributed by atoms with Gasteiger partial charge in [-0.2, -0.15) is 19.9 Å². The average molecular weight is 271 g/mol. The van der Waals surface area contributed by atoms with E-state index in [1.54, 1.807) is 6.07 Å². The molecule has 0 saturated carbocycles. The van der Waals surface area contributed by atoms with Crippen LogP contribution in [-0.2, 0) is 0 Å². The molecule has 0 saturated heterocycles. The Morgan fingerprint density at radius 2 is 2.25 bits per heavy atom. The number of hydrogen-bond acceptors (Lipinski definition) is 5. The molecule has 0 fully saturated rings. The van der Waals surface area contributed by atoms with Crippen LogP contribution in [0.4, 0.5) is 4.39 Å². The minimum atomic E-state index is -0.788. The molecular formula is C12H6FN5O2. The van der Waals surface area contributed by atoms with Gasteiger partial charge in [-0.1, -0.05) is 0 Å². The average Bonchev–Trinajstić information content (AvgIpc) is 2.88. The molecule has 0 aliphatic rings. The maximum atomic E-state index is 13.9. The molecule has 3 aromatic rings. The van der Waals surface area contributed by atoms with Crippen molar-refractivity contribution in [2.75, 3.05) is 0 Å². The Kier molecular flexibility index (Phi) is 2.47. The van der Waals surface area contributed by atoms with E-state index in [4.69, 9.17) is 5.26 Å². The van der Waals surface area contributed by atoms with Gasteiger partial charge in [0, 0.05) is 5.56 Å². The second-order valence-electron chi connectivity index (χ2n) is 3.95. The predicted molar refractivity (Wildman–Crippen MR) is 65.4 cm³/mol. The van der Waals surface area contributed by atoms with Gasteiger partial charge in [-0.3, -0.25) is 9.78 Å². The van der Waals surface area contributed by atoms with E-state index in [1.807, 2.05) is 0 Å². The van der Waals surface area contributed by atoms with Crippen LogP contribution in [-0.4, -0.2) is 24.7 Å². The lowest BCUT2D eigenvalue weighted by molar-refractivity contribution is 0.436. The van der Waals surface area contributed by atoms with Crippen molar-refractivity contribution in [3.63, 3.8) is 0 Å². The lowest BCUT2D eigenvalue weighted by Gasteiger charge is -2.06. The molecule has 3 rings (SSSR count). The van der Waals surface area contributed by atoms with Gasteiger partial charge in [-0.05, 0) is 18.2 Å². The van der Waals surface area contributed by atoms with Crippen LogP contribution in [0, 0.1) is 17.1 Å². The van der Waals surface area contributed by atoms with E-state index in [0.29, 0.717) is 0 Å². The lowest BCUT2D eigenvalue weighted by atomic mass is 10.1. The fraction of sp³-hybridized carbons (Fsp3) is 0. The van der Waals surface area contributed by atoms with E-state index in [1.165, 1.54) is 12.1 Å². The normalized spacial score (nSPS) is 10.6. The van der Waals surface area contributed by atoms with Crippen molar-refractivity contribution in [1.29, 1.82) is 5.26 Å². The third-order valence-corrected chi connectivity index (χ3v) is 2.79. The highest BCUT2D eigenvalue weighted by Gasteiger charge is 2.18. The zero-order chi connectivity index (χ0) is 14.3.